The molecule has 0 heterocycles. The Morgan fingerprint density at radius 3 is 1.33 bits per heavy atom. The summed E-state index contributed by atoms with van der Waals surface area (Å²) in [5.41, 5.74) is 6.69. The molecule has 1 N–H and O–H groups in total. The second-order valence-electron chi connectivity index (χ2n) is 6.07. The molecule has 5 heteroatoms. The fourth-order valence-electron chi connectivity index (χ4n) is 1.90. The molecule has 0 bridgehead atoms. The van der Waals surface area contributed by atoms with Crippen LogP contribution in [0.25, 0.3) is 27.3 Å². The van der Waals surface area contributed by atoms with Crippen molar-refractivity contribution in [2.24, 2.45) is 0 Å². The minimum absolute atomic E-state index is 0. The number of rotatable bonds is 0. The van der Waals surface area contributed by atoms with Gasteiger partial charge in [0, 0.05) is 9.52 Å². The molecule has 3 rings (SSSR count). The Balaban J connectivity index is -0.000000351. The third-order valence-corrected chi connectivity index (χ3v) is 2.52. The Morgan fingerprint density at radius 1 is 0.792 bits per heavy atom. The van der Waals surface area contributed by atoms with E-state index in [-0.39, 0.29) is 52.1 Å². The monoisotopic (exact) mass is 413 g/mol. The molecular formula is C19H25Cl2NSiTi. The molecule has 0 aromatic heterocycles. The van der Waals surface area contributed by atoms with E-state index in [1.165, 1.54) is 21.5 Å². The molecule has 0 saturated heterocycles. The average Bonchev–Trinajstić information content (AvgIpc) is 2.76. The molecule has 0 aliphatic heterocycles. The van der Waals surface area contributed by atoms with Gasteiger partial charge in [0.05, 0.1) is 0 Å². The quantitative estimate of drug-likeness (QED) is 0.375. The van der Waals surface area contributed by atoms with E-state index in [4.69, 9.17) is 5.73 Å². The predicted octanol–water partition coefficient (Wildman–Crippen LogP) is 0.341. The van der Waals surface area contributed by atoms with Crippen molar-refractivity contribution >= 4 is 31.1 Å². The number of nitrogens with one attached hydrogen (secondary N) is 1. The zero-order valence-corrected chi connectivity index (χ0v) is 19.0. The van der Waals surface area contributed by atoms with Gasteiger partial charge in [-0.25, -0.2) is 0 Å². The van der Waals surface area contributed by atoms with Gasteiger partial charge in [-0.15, -0.1) is 45.3 Å². The van der Waals surface area contributed by atoms with Gasteiger partial charge in [-0.3, -0.25) is 0 Å². The normalized spacial score (nSPS) is 9.25. The van der Waals surface area contributed by atoms with Gasteiger partial charge in [-0.05, 0) is 0 Å². The molecular weight excluding hydrogens is 389 g/mol. The van der Waals surface area contributed by atoms with E-state index in [0.29, 0.717) is 0 Å². The fraction of sp³-hybridized carbons (Fsp3) is 0.316. The first-order chi connectivity index (χ1) is 9.86. The van der Waals surface area contributed by atoms with Gasteiger partial charge in [0.2, 0.25) is 0 Å². The first-order valence-electron chi connectivity index (χ1n) is 7.23. The van der Waals surface area contributed by atoms with Gasteiger partial charge in [0.1, 0.15) is 0 Å². The van der Waals surface area contributed by atoms with Crippen molar-refractivity contribution in [1.82, 2.24) is 0 Å². The van der Waals surface area contributed by atoms with Gasteiger partial charge in [-0.2, -0.15) is 0 Å². The summed E-state index contributed by atoms with van der Waals surface area (Å²) >= 11 is 0. The SMILES string of the molecule is CC(C)(C)[NH-].C[Si]C.[Cl-].[Cl-].[Ti+4].c1ccc2c(c1)[cH-]c1ccccc12. The second kappa shape index (κ2) is 14.0. The van der Waals surface area contributed by atoms with E-state index in [1.807, 2.05) is 20.8 Å². The summed E-state index contributed by atoms with van der Waals surface area (Å²) < 4.78 is 0. The van der Waals surface area contributed by atoms with Crippen LogP contribution in [0.4, 0.5) is 0 Å². The van der Waals surface area contributed by atoms with E-state index < -0.39 is 0 Å². The van der Waals surface area contributed by atoms with Crippen molar-refractivity contribution in [3.05, 3.63) is 60.3 Å². The van der Waals surface area contributed by atoms with Crippen LogP contribution in [0.15, 0.2) is 54.6 Å². The van der Waals surface area contributed by atoms with Crippen LogP contribution in [0.2, 0.25) is 13.1 Å². The van der Waals surface area contributed by atoms with Crippen LogP contribution in [-0.4, -0.2) is 15.1 Å². The van der Waals surface area contributed by atoms with Gasteiger partial charge >= 0.3 is 21.7 Å². The summed E-state index contributed by atoms with van der Waals surface area (Å²) in [4.78, 5) is 0. The molecule has 0 aliphatic rings. The van der Waals surface area contributed by atoms with Crippen LogP contribution in [-0.2, 0) is 21.7 Å². The maximum atomic E-state index is 6.94. The molecule has 0 atom stereocenters. The number of halogens is 2. The Bertz CT molecular complexity index is 621. The zero-order chi connectivity index (χ0) is 15.9. The smallest absolute Gasteiger partial charge is 1.00 e. The zero-order valence-electron chi connectivity index (χ0n) is 15.0. The van der Waals surface area contributed by atoms with E-state index >= 15 is 0 Å². The molecule has 2 radical (unpaired) electrons. The van der Waals surface area contributed by atoms with E-state index in [9.17, 15) is 0 Å². The van der Waals surface area contributed by atoms with Crippen molar-refractivity contribution in [2.45, 2.75) is 39.4 Å². The van der Waals surface area contributed by atoms with Gasteiger partial charge in [0.25, 0.3) is 0 Å². The molecule has 0 spiro atoms. The molecule has 0 unspecified atom stereocenters. The molecule has 3 aromatic rings. The van der Waals surface area contributed by atoms with Crippen LogP contribution >= 0.6 is 0 Å². The van der Waals surface area contributed by atoms with Crippen LogP contribution in [0.1, 0.15) is 20.8 Å². The minimum Gasteiger partial charge on any atom is -1.00 e. The van der Waals surface area contributed by atoms with Gasteiger partial charge in [-0.1, -0.05) is 70.3 Å². The van der Waals surface area contributed by atoms with Crippen molar-refractivity contribution < 1.29 is 46.5 Å². The van der Waals surface area contributed by atoms with Crippen molar-refractivity contribution in [3.8, 4) is 0 Å². The Morgan fingerprint density at radius 2 is 1.04 bits per heavy atom. The molecule has 0 aliphatic carbocycles. The maximum absolute atomic E-state index is 6.94. The predicted molar refractivity (Wildman–Crippen MR) is 98.6 cm³/mol. The third-order valence-electron chi connectivity index (χ3n) is 2.52. The Hall–Kier alpha value is -0.219. The first kappa shape index (κ1) is 28.6. The number of benzene rings is 2. The number of hydrogen-bond donors (Lipinski definition) is 0. The molecule has 0 amide bonds. The van der Waals surface area contributed by atoms with Crippen LogP contribution < -0.4 is 24.8 Å². The van der Waals surface area contributed by atoms with Crippen LogP contribution in [0.5, 0.6) is 0 Å². The summed E-state index contributed by atoms with van der Waals surface area (Å²) in [6.07, 6.45) is 0. The summed E-state index contributed by atoms with van der Waals surface area (Å²) in [5, 5.41) is 5.39. The topological polar surface area (TPSA) is 23.8 Å². The molecule has 1 nitrogen and oxygen atoms in total. The van der Waals surface area contributed by atoms with Gasteiger partial charge in [0.15, 0.2) is 0 Å². The first-order valence-corrected chi connectivity index (χ1v) is 9.23. The van der Waals surface area contributed by atoms with Crippen molar-refractivity contribution in [1.29, 1.82) is 0 Å². The van der Waals surface area contributed by atoms with Gasteiger partial charge < -0.3 is 30.5 Å². The standard InChI is InChI=1S/C13H9.C4H10N.C2H6Si.2ClH.Ti/c1-3-7-12-10(5-1)9-11-6-2-4-8-13(11)12;1-4(2,3)5;1-3-2;;;/h1-9H;5H,1-3H3;1-2H3;2*1H;/q2*-1;;;;+4/p-2. The van der Waals surface area contributed by atoms with Crippen molar-refractivity contribution in [2.75, 3.05) is 0 Å². The number of hydrogen-bond acceptors (Lipinski definition) is 0. The molecule has 0 saturated carbocycles. The van der Waals surface area contributed by atoms with E-state index in [2.05, 4.69) is 67.7 Å². The summed E-state index contributed by atoms with van der Waals surface area (Å²) in [6.45, 7) is 9.87. The maximum Gasteiger partial charge on any atom is 4.00 e. The molecule has 128 valence electrons. The van der Waals surface area contributed by atoms with Crippen LogP contribution in [0, 0.1) is 0 Å². The summed E-state index contributed by atoms with van der Waals surface area (Å²) in [6, 6.07) is 19.3. The second-order valence-corrected chi connectivity index (χ2v) is 7.07. The molecule has 0 fully saturated rings. The minimum atomic E-state index is -0.250. The summed E-state index contributed by atoms with van der Waals surface area (Å²) in [5.74, 6) is 0. The van der Waals surface area contributed by atoms with Crippen LogP contribution in [0.3, 0.4) is 0 Å². The largest absolute Gasteiger partial charge is 4.00 e. The van der Waals surface area contributed by atoms with Crippen molar-refractivity contribution in [3.63, 3.8) is 0 Å². The summed E-state index contributed by atoms with van der Waals surface area (Å²) in [7, 11) is 1.08. The van der Waals surface area contributed by atoms with E-state index in [0.717, 1.165) is 9.52 Å². The Labute approximate surface area is 176 Å². The Kier molecular flexibility index (Phi) is 16.7. The fourth-order valence-corrected chi connectivity index (χ4v) is 1.90. The molecule has 24 heavy (non-hydrogen) atoms. The number of fused-ring (bicyclic) bond motifs is 3. The third kappa shape index (κ3) is 10.6. The molecule has 3 aromatic carbocycles. The average molecular weight is 414 g/mol. The van der Waals surface area contributed by atoms with E-state index in [1.54, 1.807) is 0 Å².